The summed E-state index contributed by atoms with van der Waals surface area (Å²) in [5, 5.41) is 3.35. The quantitative estimate of drug-likeness (QED) is 0.760. The minimum Gasteiger partial charge on any atom is -0.397 e. The van der Waals surface area contributed by atoms with E-state index in [1.54, 1.807) is 18.2 Å². The molecule has 1 fully saturated rings. The number of nitrogens with two attached hydrogens (primary N) is 1. The second kappa shape index (κ2) is 6.95. The first kappa shape index (κ1) is 15.1. The fourth-order valence-electron chi connectivity index (χ4n) is 2.19. The number of benzene rings is 1. The van der Waals surface area contributed by atoms with Crippen LogP contribution >= 0.6 is 11.6 Å². The minimum absolute atomic E-state index is 0.0199. The van der Waals surface area contributed by atoms with Gasteiger partial charge in [-0.2, -0.15) is 0 Å². The maximum Gasteiger partial charge on any atom is 0.224 e. The van der Waals surface area contributed by atoms with Crippen molar-refractivity contribution >= 4 is 28.9 Å². The van der Waals surface area contributed by atoms with Crippen molar-refractivity contribution in [2.75, 3.05) is 31.2 Å². The highest BCUT2D eigenvalue weighted by Crippen LogP contribution is 2.29. The van der Waals surface area contributed by atoms with Gasteiger partial charge in [-0.15, -0.1) is 0 Å². The van der Waals surface area contributed by atoms with Crippen LogP contribution in [0.25, 0.3) is 0 Å². The Morgan fingerprint density at radius 3 is 2.90 bits per heavy atom. The van der Waals surface area contributed by atoms with Crippen molar-refractivity contribution < 1.29 is 4.79 Å². The van der Waals surface area contributed by atoms with Crippen LogP contribution in [0.4, 0.5) is 11.4 Å². The van der Waals surface area contributed by atoms with E-state index in [9.17, 15) is 4.79 Å². The average Bonchev–Trinajstić information content (AvgIpc) is 3.17. The number of hydrogen-bond acceptors (Lipinski definition) is 3. The van der Waals surface area contributed by atoms with Crippen LogP contribution in [0, 0.1) is 5.92 Å². The van der Waals surface area contributed by atoms with Gasteiger partial charge in [0, 0.05) is 18.7 Å². The summed E-state index contributed by atoms with van der Waals surface area (Å²) < 4.78 is 0. The molecule has 0 spiro atoms. The highest BCUT2D eigenvalue weighted by Gasteiger charge is 2.22. The van der Waals surface area contributed by atoms with Gasteiger partial charge in [-0.3, -0.25) is 4.79 Å². The first-order valence-corrected chi connectivity index (χ1v) is 7.46. The van der Waals surface area contributed by atoms with Crippen LogP contribution in [-0.4, -0.2) is 30.9 Å². The predicted octanol–water partition coefficient (Wildman–Crippen LogP) is 2.98. The lowest BCUT2D eigenvalue weighted by Crippen LogP contribution is -2.23. The molecule has 0 unspecified atom stereocenters. The number of hydrogen-bond donors (Lipinski definition) is 2. The van der Waals surface area contributed by atoms with Crippen LogP contribution in [-0.2, 0) is 4.79 Å². The number of nitrogens with one attached hydrogen (secondary N) is 1. The van der Waals surface area contributed by atoms with E-state index in [4.69, 9.17) is 17.3 Å². The van der Waals surface area contributed by atoms with E-state index in [1.807, 2.05) is 0 Å². The molecule has 4 nitrogen and oxygen atoms in total. The third-order valence-electron chi connectivity index (χ3n) is 3.49. The molecule has 1 aromatic rings. The van der Waals surface area contributed by atoms with Gasteiger partial charge < -0.3 is 16.0 Å². The zero-order valence-corrected chi connectivity index (χ0v) is 12.6. The van der Waals surface area contributed by atoms with Crippen molar-refractivity contribution in [3.8, 4) is 0 Å². The fourth-order valence-corrected chi connectivity index (χ4v) is 2.30. The van der Waals surface area contributed by atoms with Gasteiger partial charge in [0.15, 0.2) is 0 Å². The molecule has 1 aromatic carbocycles. The highest BCUT2D eigenvalue weighted by atomic mass is 35.5. The second-order valence-electron chi connectivity index (χ2n) is 5.59. The number of rotatable bonds is 7. The number of amides is 1. The highest BCUT2D eigenvalue weighted by molar-refractivity contribution is 6.33. The average molecular weight is 296 g/mol. The second-order valence-corrected chi connectivity index (χ2v) is 6.00. The molecule has 0 aliphatic heterocycles. The molecular formula is C15H22ClN3O. The van der Waals surface area contributed by atoms with Crippen molar-refractivity contribution in [3.05, 3.63) is 23.2 Å². The third kappa shape index (κ3) is 5.02. The van der Waals surface area contributed by atoms with Gasteiger partial charge in [-0.05, 0) is 57.0 Å². The van der Waals surface area contributed by atoms with Crippen LogP contribution in [0.5, 0.6) is 0 Å². The molecule has 0 atom stereocenters. The normalized spacial score (nSPS) is 14.6. The molecule has 0 bridgehead atoms. The van der Waals surface area contributed by atoms with Crippen LogP contribution in [0.1, 0.15) is 25.7 Å². The van der Waals surface area contributed by atoms with Gasteiger partial charge >= 0.3 is 0 Å². The molecule has 3 N–H and O–H groups in total. The molecule has 20 heavy (non-hydrogen) atoms. The predicted molar refractivity (Wildman–Crippen MR) is 83.9 cm³/mol. The molecule has 0 radical (unpaired) electrons. The molecule has 2 rings (SSSR count). The Kier molecular flexibility index (Phi) is 5.26. The van der Waals surface area contributed by atoms with Gasteiger partial charge in [-0.1, -0.05) is 11.6 Å². The summed E-state index contributed by atoms with van der Waals surface area (Å²) in [7, 11) is 2.12. The molecule has 1 amide bonds. The maximum atomic E-state index is 11.8. The molecule has 0 heterocycles. The fraction of sp³-hybridized carbons (Fsp3) is 0.533. The Balaban J connectivity index is 1.67. The maximum absolute atomic E-state index is 11.8. The monoisotopic (exact) mass is 295 g/mol. The summed E-state index contributed by atoms with van der Waals surface area (Å²) >= 11 is 5.84. The summed E-state index contributed by atoms with van der Waals surface area (Å²) in [4.78, 5) is 14.1. The number of carbonyl (C=O) groups excluding carboxylic acids is 1. The zero-order chi connectivity index (χ0) is 14.5. The van der Waals surface area contributed by atoms with Crippen LogP contribution in [0.15, 0.2) is 18.2 Å². The molecule has 1 aliphatic carbocycles. The van der Waals surface area contributed by atoms with Crippen molar-refractivity contribution in [1.29, 1.82) is 0 Å². The number of carbonyl (C=O) groups is 1. The van der Waals surface area contributed by atoms with Gasteiger partial charge in [0.05, 0.1) is 10.7 Å². The van der Waals surface area contributed by atoms with E-state index in [-0.39, 0.29) is 5.91 Å². The Hall–Kier alpha value is -1.26. The minimum atomic E-state index is 0.0199. The van der Waals surface area contributed by atoms with E-state index < -0.39 is 0 Å². The summed E-state index contributed by atoms with van der Waals surface area (Å²) in [6, 6.07) is 5.13. The largest absolute Gasteiger partial charge is 0.397 e. The summed E-state index contributed by atoms with van der Waals surface area (Å²) in [6.07, 6.45) is 4.13. The molecule has 110 valence electrons. The number of anilines is 2. The van der Waals surface area contributed by atoms with Crippen molar-refractivity contribution in [3.63, 3.8) is 0 Å². The SMILES string of the molecule is CN(CCCC(=O)Nc1ccc(Cl)c(N)c1)CC1CC1. The van der Waals surface area contributed by atoms with E-state index in [2.05, 4.69) is 17.3 Å². The zero-order valence-electron chi connectivity index (χ0n) is 11.9. The van der Waals surface area contributed by atoms with Crippen LogP contribution < -0.4 is 11.1 Å². The molecule has 1 aliphatic rings. The Morgan fingerprint density at radius 1 is 1.50 bits per heavy atom. The topological polar surface area (TPSA) is 58.4 Å². The lowest BCUT2D eigenvalue weighted by atomic mass is 10.2. The van der Waals surface area contributed by atoms with Gasteiger partial charge in [-0.25, -0.2) is 0 Å². The number of nitrogen functional groups attached to an aromatic ring is 1. The van der Waals surface area contributed by atoms with E-state index in [0.717, 1.165) is 25.4 Å². The summed E-state index contributed by atoms with van der Waals surface area (Å²) in [5.41, 5.74) is 6.88. The van der Waals surface area contributed by atoms with Gasteiger partial charge in [0.2, 0.25) is 5.91 Å². The summed E-state index contributed by atoms with van der Waals surface area (Å²) in [6.45, 7) is 2.13. The lowest BCUT2D eigenvalue weighted by Gasteiger charge is -2.15. The first-order chi connectivity index (χ1) is 9.54. The number of nitrogens with zero attached hydrogens (tertiary/aromatic N) is 1. The van der Waals surface area contributed by atoms with Gasteiger partial charge in [0.1, 0.15) is 0 Å². The van der Waals surface area contributed by atoms with Crippen LogP contribution in [0.3, 0.4) is 0 Å². The lowest BCUT2D eigenvalue weighted by molar-refractivity contribution is -0.116. The smallest absolute Gasteiger partial charge is 0.224 e. The third-order valence-corrected chi connectivity index (χ3v) is 3.83. The molecule has 1 saturated carbocycles. The van der Waals surface area contributed by atoms with E-state index in [1.165, 1.54) is 12.8 Å². The van der Waals surface area contributed by atoms with Crippen molar-refractivity contribution in [2.24, 2.45) is 5.92 Å². The Morgan fingerprint density at radius 2 is 2.25 bits per heavy atom. The molecule has 0 aromatic heterocycles. The molecular weight excluding hydrogens is 274 g/mol. The molecule has 5 heteroatoms. The Bertz CT molecular complexity index is 474. The van der Waals surface area contributed by atoms with E-state index >= 15 is 0 Å². The summed E-state index contributed by atoms with van der Waals surface area (Å²) in [5.74, 6) is 0.914. The van der Waals surface area contributed by atoms with Crippen LogP contribution in [0.2, 0.25) is 5.02 Å². The van der Waals surface area contributed by atoms with Crippen molar-refractivity contribution in [2.45, 2.75) is 25.7 Å². The van der Waals surface area contributed by atoms with E-state index in [0.29, 0.717) is 22.8 Å². The Labute approximate surface area is 125 Å². The van der Waals surface area contributed by atoms with Gasteiger partial charge in [0.25, 0.3) is 0 Å². The number of halogens is 1. The standard InChI is InChI=1S/C15H22ClN3O/c1-19(10-11-4-5-11)8-2-3-15(20)18-12-6-7-13(16)14(17)9-12/h6-7,9,11H,2-5,8,10,17H2,1H3,(H,18,20). The molecule has 0 saturated heterocycles. The first-order valence-electron chi connectivity index (χ1n) is 7.08. The van der Waals surface area contributed by atoms with Crippen molar-refractivity contribution in [1.82, 2.24) is 4.90 Å².